The van der Waals surface area contributed by atoms with Crippen molar-refractivity contribution < 1.29 is 9.53 Å². The van der Waals surface area contributed by atoms with E-state index >= 15 is 0 Å². The summed E-state index contributed by atoms with van der Waals surface area (Å²) in [6.45, 7) is 3.92. The lowest BCUT2D eigenvalue weighted by molar-refractivity contribution is 0.102. The van der Waals surface area contributed by atoms with Crippen LogP contribution >= 0.6 is 23.1 Å². The van der Waals surface area contributed by atoms with Gasteiger partial charge in [-0.05, 0) is 43.7 Å². The second kappa shape index (κ2) is 8.82. The Labute approximate surface area is 160 Å². The summed E-state index contributed by atoms with van der Waals surface area (Å²) in [6.07, 6.45) is 0.0999. The molecule has 7 heteroatoms. The SMILES string of the molecule is CC(C)Oc1ccc(C(=O)Nc2nnc(SCc3ccccc3)s2)cc1. The first-order valence-electron chi connectivity index (χ1n) is 8.18. The monoisotopic (exact) mass is 385 g/mol. The van der Waals surface area contributed by atoms with E-state index < -0.39 is 0 Å². The number of benzene rings is 2. The number of anilines is 1. The molecule has 1 heterocycles. The van der Waals surface area contributed by atoms with Gasteiger partial charge in [0.25, 0.3) is 5.91 Å². The van der Waals surface area contributed by atoms with Crippen molar-refractivity contribution in [3.63, 3.8) is 0 Å². The topological polar surface area (TPSA) is 64.1 Å². The molecule has 0 unspecified atom stereocenters. The van der Waals surface area contributed by atoms with Crippen molar-refractivity contribution in [2.24, 2.45) is 0 Å². The second-order valence-corrected chi connectivity index (χ2v) is 7.99. The Morgan fingerprint density at radius 3 is 2.54 bits per heavy atom. The summed E-state index contributed by atoms with van der Waals surface area (Å²) in [7, 11) is 0. The molecular formula is C19H19N3O2S2. The highest BCUT2D eigenvalue weighted by molar-refractivity contribution is 8.00. The molecule has 0 aliphatic rings. The normalized spacial score (nSPS) is 10.7. The average Bonchev–Trinajstić information content (AvgIpc) is 3.08. The molecule has 0 saturated heterocycles. The van der Waals surface area contributed by atoms with Crippen LogP contribution in [0.3, 0.4) is 0 Å². The van der Waals surface area contributed by atoms with Crippen LogP contribution in [-0.4, -0.2) is 22.2 Å². The van der Waals surface area contributed by atoms with Crippen molar-refractivity contribution in [2.75, 3.05) is 5.32 Å². The highest BCUT2D eigenvalue weighted by Gasteiger charge is 2.11. The molecular weight excluding hydrogens is 366 g/mol. The van der Waals surface area contributed by atoms with Gasteiger partial charge in [0.1, 0.15) is 5.75 Å². The number of thioether (sulfide) groups is 1. The number of ether oxygens (including phenoxy) is 1. The van der Waals surface area contributed by atoms with E-state index in [0.717, 1.165) is 15.8 Å². The van der Waals surface area contributed by atoms with Crippen molar-refractivity contribution in [3.05, 3.63) is 65.7 Å². The molecule has 0 fully saturated rings. The Morgan fingerprint density at radius 2 is 1.85 bits per heavy atom. The van der Waals surface area contributed by atoms with Crippen LogP contribution in [0, 0.1) is 0 Å². The number of amides is 1. The van der Waals surface area contributed by atoms with Crippen LogP contribution < -0.4 is 10.1 Å². The van der Waals surface area contributed by atoms with Gasteiger partial charge in [0.2, 0.25) is 5.13 Å². The summed E-state index contributed by atoms with van der Waals surface area (Å²) in [4.78, 5) is 12.3. The Morgan fingerprint density at radius 1 is 1.12 bits per heavy atom. The molecule has 5 nitrogen and oxygen atoms in total. The number of aromatic nitrogens is 2. The maximum Gasteiger partial charge on any atom is 0.257 e. The maximum atomic E-state index is 12.3. The number of nitrogens with zero attached hydrogens (tertiary/aromatic N) is 2. The van der Waals surface area contributed by atoms with E-state index in [1.54, 1.807) is 36.0 Å². The zero-order chi connectivity index (χ0) is 18.4. The van der Waals surface area contributed by atoms with Crippen molar-refractivity contribution >= 4 is 34.1 Å². The highest BCUT2D eigenvalue weighted by atomic mass is 32.2. The second-order valence-electron chi connectivity index (χ2n) is 5.79. The Hall–Kier alpha value is -2.38. The molecule has 0 radical (unpaired) electrons. The number of carbonyl (C=O) groups excluding carboxylic acids is 1. The molecule has 0 atom stereocenters. The summed E-state index contributed by atoms with van der Waals surface area (Å²) >= 11 is 2.97. The molecule has 1 N–H and O–H groups in total. The first-order valence-corrected chi connectivity index (χ1v) is 9.98. The summed E-state index contributed by atoms with van der Waals surface area (Å²) in [5.74, 6) is 1.35. The highest BCUT2D eigenvalue weighted by Crippen LogP contribution is 2.28. The number of hydrogen-bond acceptors (Lipinski definition) is 6. The molecule has 0 spiro atoms. The van der Waals surface area contributed by atoms with Gasteiger partial charge in [-0.3, -0.25) is 10.1 Å². The van der Waals surface area contributed by atoms with Crippen LogP contribution in [0.25, 0.3) is 0 Å². The number of hydrogen-bond donors (Lipinski definition) is 1. The summed E-state index contributed by atoms with van der Waals surface area (Å²) in [5, 5.41) is 11.4. The van der Waals surface area contributed by atoms with Gasteiger partial charge in [-0.1, -0.05) is 53.4 Å². The van der Waals surface area contributed by atoms with Gasteiger partial charge >= 0.3 is 0 Å². The molecule has 2 aromatic carbocycles. The van der Waals surface area contributed by atoms with E-state index in [9.17, 15) is 4.79 Å². The Kier molecular flexibility index (Phi) is 6.25. The molecule has 3 rings (SSSR count). The minimum absolute atomic E-state index is 0.0999. The molecule has 3 aromatic rings. The van der Waals surface area contributed by atoms with Crippen LogP contribution in [0.1, 0.15) is 29.8 Å². The lowest BCUT2D eigenvalue weighted by atomic mass is 10.2. The third-order valence-electron chi connectivity index (χ3n) is 3.32. The van der Waals surface area contributed by atoms with Gasteiger partial charge in [-0.25, -0.2) is 0 Å². The maximum absolute atomic E-state index is 12.3. The fraction of sp³-hybridized carbons (Fsp3) is 0.211. The third kappa shape index (κ3) is 5.31. The lowest BCUT2D eigenvalue weighted by Gasteiger charge is -2.09. The van der Waals surface area contributed by atoms with Crippen molar-refractivity contribution in [1.29, 1.82) is 0 Å². The summed E-state index contributed by atoms with van der Waals surface area (Å²) in [5.41, 5.74) is 1.77. The standard InChI is InChI=1S/C19H19N3O2S2/c1-13(2)24-16-10-8-15(9-11-16)17(23)20-18-21-22-19(26-18)25-12-14-6-4-3-5-7-14/h3-11,13H,12H2,1-2H3,(H,20,21,23). The van der Waals surface area contributed by atoms with E-state index in [1.165, 1.54) is 16.9 Å². The van der Waals surface area contributed by atoms with Crippen LogP contribution in [0.5, 0.6) is 5.75 Å². The van der Waals surface area contributed by atoms with Crippen LogP contribution in [0.4, 0.5) is 5.13 Å². The fourth-order valence-electron chi connectivity index (χ4n) is 2.16. The number of nitrogens with one attached hydrogen (secondary N) is 1. The zero-order valence-corrected chi connectivity index (χ0v) is 16.1. The molecule has 134 valence electrons. The van der Waals surface area contributed by atoms with Gasteiger partial charge in [-0.2, -0.15) is 0 Å². The Balaban J connectivity index is 1.55. The van der Waals surface area contributed by atoms with Crippen LogP contribution in [-0.2, 0) is 5.75 Å². The van der Waals surface area contributed by atoms with Gasteiger partial charge in [-0.15, -0.1) is 10.2 Å². The quantitative estimate of drug-likeness (QED) is 0.464. The fourth-order valence-corrected chi connectivity index (χ4v) is 3.87. The minimum atomic E-state index is -0.211. The van der Waals surface area contributed by atoms with Gasteiger partial charge in [0.05, 0.1) is 6.10 Å². The first-order chi connectivity index (χ1) is 12.6. The van der Waals surface area contributed by atoms with Crippen LogP contribution in [0.2, 0.25) is 0 Å². The third-order valence-corrected chi connectivity index (χ3v) is 5.36. The molecule has 0 aliphatic heterocycles. The van der Waals surface area contributed by atoms with Gasteiger partial charge in [0, 0.05) is 11.3 Å². The average molecular weight is 386 g/mol. The number of carbonyl (C=O) groups is 1. The smallest absolute Gasteiger partial charge is 0.257 e. The molecule has 1 aromatic heterocycles. The summed E-state index contributed by atoms with van der Waals surface area (Å²) < 4.78 is 6.40. The molecule has 26 heavy (non-hydrogen) atoms. The zero-order valence-electron chi connectivity index (χ0n) is 14.5. The lowest BCUT2D eigenvalue weighted by Crippen LogP contribution is -2.12. The largest absolute Gasteiger partial charge is 0.491 e. The predicted octanol–water partition coefficient (Wildman–Crippen LogP) is 4.87. The molecule has 0 aliphatic carbocycles. The molecule has 1 amide bonds. The molecule has 0 saturated carbocycles. The van der Waals surface area contributed by atoms with Crippen molar-refractivity contribution in [1.82, 2.24) is 10.2 Å². The number of rotatable bonds is 7. The first kappa shape index (κ1) is 18.4. The van der Waals surface area contributed by atoms with Crippen molar-refractivity contribution in [3.8, 4) is 5.75 Å². The van der Waals surface area contributed by atoms with Crippen molar-refractivity contribution in [2.45, 2.75) is 30.0 Å². The summed E-state index contributed by atoms with van der Waals surface area (Å²) in [6, 6.07) is 17.2. The molecule has 0 bridgehead atoms. The Bertz CT molecular complexity index is 849. The van der Waals surface area contributed by atoms with Gasteiger partial charge < -0.3 is 4.74 Å². The minimum Gasteiger partial charge on any atom is -0.491 e. The van der Waals surface area contributed by atoms with E-state index in [1.807, 2.05) is 32.0 Å². The van der Waals surface area contributed by atoms with E-state index in [-0.39, 0.29) is 12.0 Å². The van der Waals surface area contributed by atoms with E-state index in [4.69, 9.17) is 4.74 Å². The van der Waals surface area contributed by atoms with Gasteiger partial charge in [0.15, 0.2) is 4.34 Å². The van der Waals surface area contributed by atoms with E-state index in [2.05, 4.69) is 27.6 Å². The van der Waals surface area contributed by atoms with Crippen LogP contribution in [0.15, 0.2) is 58.9 Å². The van der Waals surface area contributed by atoms with E-state index in [0.29, 0.717) is 10.7 Å². The predicted molar refractivity (Wildman–Crippen MR) is 106 cm³/mol.